The molecule has 1 aromatic heterocycles. The van der Waals surface area contributed by atoms with Crippen LogP contribution in [0.5, 0.6) is 11.5 Å². The summed E-state index contributed by atoms with van der Waals surface area (Å²) in [4.78, 5) is 12.7. The van der Waals surface area contributed by atoms with Gasteiger partial charge in [-0.3, -0.25) is 4.79 Å². The van der Waals surface area contributed by atoms with Crippen molar-refractivity contribution in [3.05, 3.63) is 58.9 Å². The molecule has 0 unspecified atom stereocenters. The van der Waals surface area contributed by atoms with Crippen LogP contribution in [0.1, 0.15) is 42.2 Å². The number of nitrogens with one attached hydrogen (secondary N) is 1. The lowest BCUT2D eigenvalue weighted by molar-refractivity contribution is -0.111. The molecule has 0 fully saturated rings. The first-order valence-electron chi connectivity index (χ1n) is 10.3. The molecule has 2 aromatic carbocycles. The van der Waals surface area contributed by atoms with Crippen molar-refractivity contribution in [1.29, 1.82) is 0 Å². The van der Waals surface area contributed by atoms with E-state index in [1.807, 2.05) is 38.1 Å². The van der Waals surface area contributed by atoms with E-state index < -0.39 is 0 Å². The fourth-order valence-corrected chi connectivity index (χ4v) is 4.13. The standard InChI is InChI=1S/C25H27NO4/c1-15-9-10-22(28-3)20(11-15)26-25(27)12-16(2)18-13-19-17-7-5-6-8-21(17)30-24(19)14-23(18)29-4/h9-14H,5-8H2,1-4H3,(H,26,27)/b16-12+. The highest BCUT2D eigenvalue weighted by Crippen LogP contribution is 2.38. The Labute approximate surface area is 176 Å². The predicted molar refractivity (Wildman–Crippen MR) is 119 cm³/mol. The second kappa shape index (κ2) is 8.27. The van der Waals surface area contributed by atoms with Gasteiger partial charge in [-0.2, -0.15) is 0 Å². The third-order valence-corrected chi connectivity index (χ3v) is 5.66. The Kier molecular flexibility index (Phi) is 5.53. The Bertz CT molecular complexity index is 1140. The van der Waals surface area contributed by atoms with E-state index in [1.165, 1.54) is 18.4 Å². The zero-order valence-corrected chi connectivity index (χ0v) is 17.9. The highest BCUT2D eigenvalue weighted by Gasteiger charge is 2.20. The summed E-state index contributed by atoms with van der Waals surface area (Å²) in [5.74, 6) is 2.20. The molecule has 0 bridgehead atoms. The van der Waals surface area contributed by atoms with Gasteiger partial charge in [0.1, 0.15) is 22.8 Å². The minimum absolute atomic E-state index is 0.215. The summed E-state index contributed by atoms with van der Waals surface area (Å²) < 4.78 is 17.0. The molecule has 3 aromatic rings. The van der Waals surface area contributed by atoms with Gasteiger partial charge in [-0.1, -0.05) is 6.07 Å². The van der Waals surface area contributed by atoms with E-state index in [2.05, 4.69) is 11.4 Å². The number of rotatable bonds is 5. The number of anilines is 1. The third-order valence-electron chi connectivity index (χ3n) is 5.66. The molecule has 1 amide bonds. The quantitative estimate of drug-likeness (QED) is 0.555. The maximum absolute atomic E-state index is 12.7. The van der Waals surface area contributed by atoms with Crippen LogP contribution >= 0.6 is 0 Å². The number of benzene rings is 2. The number of amides is 1. The van der Waals surface area contributed by atoms with Crippen LogP contribution in [0.4, 0.5) is 5.69 Å². The predicted octanol–water partition coefficient (Wildman–Crippen LogP) is 5.68. The average Bonchev–Trinajstić information content (AvgIpc) is 3.10. The number of furan rings is 1. The molecule has 1 aliphatic rings. The van der Waals surface area contributed by atoms with Gasteiger partial charge in [0.25, 0.3) is 0 Å². The molecule has 5 heteroatoms. The van der Waals surface area contributed by atoms with Gasteiger partial charge in [-0.05, 0) is 62.4 Å². The minimum Gasteiger partial charge on any atom is -0.496 e. The number of methoxy groups -OCH3 is 2. The van der Waals surface area contributed by atoms with Gasteiger partial charge in [-0.25, -0.2) is 0 Å². The lowest BCUT2D eigenvalue weighted by Gasteiger charge is -2.12. The molecule has 1 aliphatic carbocycles. The lowest BCUT2D eigenvalue weighted by atomic mass is 9.94. The monoisotopic (exact) mass is 405 g/mol. The minimum atomic E-state index is -0.215. The van der Waals surface area contributed by atoms with Crippen LogP contribution in [0.15, 0.2) is 40.8 Å². The lowest BCUT2D eigenvalue weighted by Crippen LogP contribution is -2.10. The summed E-state index contributed by atoms with van der Waals surface area (Å²) >= 11 is 0. The van der Waals surface area contributed by atoms with Crippen molar-refractivity contribution >= 4 is 28.1 Å². The Hall–Kier alpha value is -3.21. The van der Waals surface area contributed by atoms with Crippen LogP contribution in [-0.4, -0.2) is 20.1 Å². The van der Waals surface area contributed by atoms with E-state index in [0.29, 0.717) is 17.2 Å². The Balaban J connectivity index is 1.68. The van der Waals surface area contributed by atoms with Crippen molar-refractivity contribution in [3.63, 3.8) is 0 Å². The number of carbonyl (C=O) groups excluding carboxylic acids is 1. The SMILES string of the molecule is COc1ccc(C)cc1NC(=O)/C=C(\C)c1cc2c3c(oc2cc1OC)CCCC3. The molecule has 0 aliphatic heterocycles. The molecule has 0 saturated heterocycles. The van der Waals surface area contributed by atoms with E-state index in [0.717, 1.165) is 46.3 Å². The van der Waals surface area contributed by atoms with Gasteiger partial charge in [0, 0.05) is 35.1 Å². The second-order valence-electron chi connectivity index (χ2n) is 7.78. The maximum atomic E-state index is 12.7. The van der Waals surface area contributed by atoms with Crippen molar-refractivity contribution in [2.24, 2.45) is 0 Å². The zero-order valence-electron chi connectivity index (χ0n) is 17.9. The molecule has 5 nitrogen and oxygen atoms in total. The molecule has 156 valence electrons. The van der Waals surface area contributed by atoms with E-state index in [9.17, 15) is 4.79 Å². The van der Waals surface area contributed by atoms with Crippen LogP contribution in [0.2, 0.25) is 0 Å². The van der Waals surface area contributed by atoms with Crippen LogP contribution in [0.25, 0.3) is 16.5 Å². The fourth-order valence-electron chi connectivity index (χ4n) is 4.13. The van der Waals surface area contributed by atoms with Crippen LogP contribution in [-0.2, 0) is 17.6 Å². The first kappa shape index (κ1) is 20.1. The summed E-state index contributed by atoms with van der Waals surface area (Å²) in [6.45, 7) is 3.89. The topological polar surface area (TPSA) is 60.7 Å². The first-order valence-corrected chi connectivity index (χ1v) is 10.3. The Morgan fingerprint density at radius 3 is 2.60 bits per heavy atom. The fraction of sp³-hybridized carbons (Fsp3) is 0.320. The number of carbonyl (C=O) groups is 1. The van der Waals surface area contributed by atoms with Gasteiger partial charge >= 0.3 is 0 Å². The summed E-state index contributed by atoms with van der Waals surface area (Å²) in [6.07, 6.45) is 5.95. The largest absolute Gasteiger partial charge is 0.496 e. The van der Waals surface area contributed by atoms with Crippen molar-refractivity contribution in [3.8, 4) is 11.5 Å². The van der Waals surface area contributed by atoms with Crippen molar-refractivity contribution in [2.75, 3.05) is 19.5 Å². The molecule has 0 spiro atoms. The van der Waals surface area contributed by atoms with Gasteiger partial charge < -0.3 is 19.2 Å². The van der Waals surface area contributed by atoms with Crippen molar-refractivity contribution in [1.82, 2.24) is 0 Å². The van der Waals surface area contributed by atoms with E-state index in [-0.39, 0.29) is 5.91 Å². The van der Waals surface area contributed by atoms with Crippen molar-refractivity contribution < 1.29 is 18.7 Å². The smallest absolute Gasteiger partial charge is 0.248 e. The number of hydrogen-bond acceptors (Lipinski definition) is 4. The Morgan fingerprint density at radius 2 is 1.83 bits per heavy atom. The summed E-state index contributed by atoms with van der Waals surface area (Å²) in [5.41, 5.74) is 5.56. The number of allylic oxidation sites excluding steroid dienone is 1. The molecule has 1 N–H and O–H groups in total. The van der Waals surface area contributed by atoms with Gasteiger partial charge in [0.15, 0.2) is 0 Å². The van der Waals surface area contributed by atoms with Gasteiger partial charge in [0.2, 0.25) is 5.91 Å². The zero-order chi connectivity index (χ0) is 21.3. The van der Waals surface area contributed by atoms with Gasteiger partial charge in [0.05, 0.1) is 19.9 Å². The molecule has 30 heavy (non-hydrogen) atoms. The normalized spacial score (nSPS) is 13.8. The highest BCUT2D eigenvalue weighted by molar-refractivity contribution is 6.05. The van der Waals surface area contributed by atoms with Gasteiger partial charge in [-0.15, -0.1) is 0 Å². The number of aryl methyl sites for hydroxylation is 3. The molecule has 0 saturated carbocycles. The molecular weight excluding hydrogens is 378 g/mol. The molecule has 0 atom stereocenters. The number of hydrogen-bond donors (Lipinski definition) is 1. The molecule has 1 heterocycles. The number of ether oxygens (including phenoxy) is 2. The number of fused-ring (bicyclic) bond motifs is 3. The first-order chi connectivity index (χ1) is 14.5. The van der Waals surface area contributed by atoms with Crippen LogP contribution in [0.3, 0.4) is 0 Å². The van der Waals surface area contributed by atoms with Crippen molar-refractivity contribution in [2.45, 2.75) is 39.5 Å². The summed E-state index contributed by atoms with van der Waals surface area (Å²) in [5, 5.41) is 4.04. The van der Waals surface area contributed by atoms with Crippen LogP contribution < -0.4 is 14.8 Å². The third kappa shape index (κ3) is 3.80. The van der Waals surface area contributed by atoms with E-state index in [4.69, 9.17) is 13.9 Å². The molecular formula is C25H27NO4. The summed E-state index contributed by atoms with van der Waals surface area (Å²) in [7, 11) is 3.23. The Morgan fingerprint density at radius 1 is 1.07 bits per heavy atom. The van der Waals surface area contributed by atoms with Crippen LogP contribution in [0, 0.1) is 6.92 Å². The second-order valence-corrected chi connectivity index (χ2v) is 7.78. The highest BCUT2D eigenvalue weighted by atomic mass is 16.5. The molecule has 4 rings (SSSR count). The van der Waals surface area contributed by atoms with E-state index in [1.54, 1.807) is 20.3 Å². The maximum Gasteiger partial charge on any atom is 0.248 e. The average molecular weight is 405 g/mol. The molecule has 0 radical (unpaired) electrons. The van der Waals surface area contributed by atoms with E-state index >= 15 is 0 Å². The summed E-state index contributed by atoms with van der Waals surface area (Å²) in [6, 6.07) is 9.71.